The van der Waals surface area contributed by atoms with Crippen LogP contribution < -0.4 is 16.4 Å². The molecule has 0 aromatic heterocycles. The molecule has 0 saturated heterocycles. The van der Waals surface area contributed by atoms with Gasteiger partial charge in [0.1, 0.15) is 6.29 Å². The molecule has 7 heteroatoms. The fourth-order valence-electron chi connectivity index (χ4n) is 2.26. The van der Waals surface area contributed by atoms with E-state index < -0.39 is 24.9 Å². The zero-order valence-corrected chi connectivity index (χ0v) is 17.2. The van der Waals surface area contributed by atoms with Gasteiger partial charge in [0.2, 0.25) is 5.91 Å². The lowest BCUT2D eigenvalue weighted by atomic mass is 10.1. The van der Waals surface area contributed by atoms with Crippen LogP contribution in [0.2, 0.25) is 0 Å². The number of aldehydes is 1. The summed E-state index contributed by atoms with van der Waals surface area (Å²) in [7, 11) is -3.30. The first kappa shape index (κ1) is 23.0. The average Bonchev–Trinajstić information content (AvgIpc) is 2.64. The number of rotatable bonds is 10. The van der Waals surface area contributed by atoms with Crippen molar-refractivity contribution in [3.8, 4) is 0 Å². The molecule has 0 aliphatic heterocycles. The number of amides is 1. The van der Waals surface area contributed by atoms with Gasteiger partial charge in [-0.1, -0.05) is 36.4 Å². The minimum absolute atomic E-state index is 0.0136. The lowest BCUT2D eigenvalue weighted by Gasteiger charge is -2.30. The van der Waals surface area contributed by atoms with Crippen LogP contribution in [-0.2, 0) is 18.7 Å². The molecule has 27 heavy (non-hydrogen) atoms. The topological polar surface area (TPSA) is 98.5 Å². The van der Waals surface area contributed by atoms with Gasteiger partial charge in [0.15, 0.2) is 0 Å². The first-order valence-corrected chi connectivity index (χ1v) is 10.4. The van der Waals surface area contributed by atoms with Gasteiger partial charge in [0, 0.05) is 17.0 Å². The van der Waals surface area contributed by atoms with E-state index in [0.717, 1.165) is 0 Å². The van der Waals surface area contributed by atoms with Crippen LogP contribution >= 0.6 is 7.37 Å². The SMILES string of the molecule is C/C=C\C=C(/C)P(=O)(OCC(C)(C)NC(=O)[C@@H](N)CC=O)c1ccccc1. The summed E-state index contributed by atoms with van der Waals surface area (Å²) in [6.07, 6.45) is 5.96. The highest BCUT2D eigenvalue weighted by Gasteiger charge is 2.32. The number of benzene rings is 1. The molecule has 0 spiro atoms. The molecule has 3 N–H and O–H groups in total. The van der Waals surface area contributed by atoms with Crippen LogP contribution in [0.4, 0.5) is 0 Å². The number of allylic oxidation sites excluding steroid dienone is 4. The molecule has 148 valence electrons. The third-order valence-corrected chi connectivity index (χ3v) is 6.39. The van der Waals surface area contributed by atoms with Crippen LogP contribution in [0.15, 0.2) is 53.9 Å². The van der Waals surface area contributed by atoms with Gasteiger partial charge in [-0.25, -0.2) is 0 Å². The molecule has 6 nitrogen and oxygen atoms in total. The molecule has 1 aromatic rings. The summed E-state index contributed by atoms with van der Waals surface area (Å²) in [5.41, 5.74) is 4.84. The lowest BCUT2D eigenvalue weighted by Crippen LogP contribution is -2.52. The Morgan fingerprint density at radius 1 is 1.33 bits per heavy atom. The van der Waals surface area contributed by atoms with Crippen molar-refractivity contribution in [1.82, 2.24) is 5.32 Å². The monoisotopic (exact) mass is 392 g/mol. The van der Waals surface area contributed by atoms with Gasteiger partial charge in [-0.15, -0.1) is 0 Å². The number of nitrogens with one attached hydrogen (secondary N) is 1. The third kappa shape index (κ3) is 6.90. The molecule has 1 aromatic carbocycles. The first-order valence-electron chi connectivity index (χ1n) is 8.78. The van der Waals surface area contributed by atoms with E-state index in [4.69, 9.17) is 10.3 Å². The smallest absolute Gasteiger partial charge is 0.257 e. The molecular formula is C20H29N2O4P. The zero-order valence-electron chi connectivity index (χ0n) is 16.3. The molecule has 1 amide bonds. The van der Waals surface area contributed by atoms with E-state index >= 15 is 0 Å². The second-order valence-electron chi connectivity index (χ2n) is 6.88. The summed E-state index contributed by atoms with van der Waals surface area (Å²) in [5.74, 6) is -0.452. The Hall–Kier alpha value is -2.01. The Balaban J connectivity index is 3.02. The molecular weight excluding hydrogens is 363 g/mol. The Labute approximate surface area is 161 Å². The second-order valence-corrected chi connectivity index (χ2v) is 9.46. The van der Waals surface area contributed by atoms with Gasteiger partial charge < -0.3 is 20.4 Å². The van der Waals surface area contributed by atoms with Crippen molar-refractivity contribution in [2.45, 2.75) is 45.7 Å². The number of nitrogens with two attached hydrogens (primary N) is 1. The van der Waals surface area contributed by atoms with E-state index in [0.29, 0.717) is 16.9 Å². The summed E-state index contributed by atoms with van der Waals surface area (Å²) >= 11 is 0. The van der Waals surface area contributed by atoms with Crippen molar-refractivity contribution < 1.29 is 18.7 Å². The van der Waals surface area contributed by atoms with Crippen LogP contribution in [0.1, 0.15) is 34.1 Å². The number of hydrogen-bond donors (Lipinski definition) is 2. The maximum Gasteiger partial charge on any atom is 0.257 e. The average molecular weight is 392 g/mol. The maximum absolute atomic E-state index is 13.7. The van der Waals surface area contributed by atoms with E-state index in [1.807, 2.05) is 19.1 Å². The van der Waals surface area contributed by atoms with Crippen molar-refractivity contribution in [3.63, 3.8) is 0 Å². The molecule has 1 rings (SSSR count). The van der Waals surface area contributed by atoms with Gasteiger partial charge in [-0.2, -0.15) is 0 Å². The van der Waals surface area contributed by atoms with Crippen molar-refractivity contribution in [2.24, 2.45) is 5.73 Å². The fraction of sp³-hybridized carbons (Fsp3) is 0.400. The van der Waals surface area contributed by atoms with Crippen molar-refractivity contribution in [2.75, 3.05) is 6.61 Å². The predicted molar refractivity (Wildman–Crippen MR) is 109 cm³/mol. The minimum atomic E-state index is -3.30. The van der Waals surface area contributed by atoms with Crippen molar-refractivity contribution in [3.05, 3.63) is 53.9 Å². The molecule has 0 fully saturated rings. The highest BCUT2D eigenvalue weighted by molar-refractivity contribution is 7.71. The van der Waals surface area contributed by atoms with Gasteiger partial charge in [0.05, 0.1) is 18.2 Å². The number of hydrogen-bond acceptors (Lipinski definition) is 5. The largest absolute Gasteiger partial charge is 0.348 e. The van der Waals surface area contributed by atoms with Crippen molar-refractivity contribution in [1.29, 1.82) is 0 Å². The quantitative estimate of drug-likeness (QED) is 0.362. The molecule has 0 aliphatic carbocycles. The van der Waals surface area contributed by atoms with Crippen molar-refractivity contribution >= 4 is 24.9 Å². The standard InChI is InChI=1S/C20H29N2O4P/c1-5-6-10-16(2)27(25,17-11-8-7-9-12-17)26-15-20(3,4)22-19(24)18(21)13-14-23/h5-12,14,18H,13,15,21H2,1-4H3,(H,22,24)/b6-5-,16-10+/t18-,27?/m0/s1. The summed E-state index contributed by atoms with van der Waals surface area (Å²) in [4.78, 5) is 22.6. The van der Waals surface area contributed by atoms with Gasteiger partial charge in [0.25, 0.3) is 7.37 Å². The highest BCUT2D eigenvalue weighted by atomic mass is 31.2. The van der Waals surface area contributed by atoms with E-state index in [1.165, 1.54) is 0 Å². The Morgan fingerprint density at radius 2 is 1.96 bits per heavy atom. The normalized spacial score (nSPS) is 16.0. The summed E-state index contributed by atoms with van der Waals surface area (Å²) in [6, 6.07) is 8.06. The van der Waals surface area contributed by atoms with Crippen LogP contribution in [0.3, 0.4) is 0 Å². The zero-order chi connectivity index (χ0) is 20.5. The fourth-order valence-corrected chi connectivity index (χ4v) is 4.37. The molecule has 0 bridgehead atoms. The highest BCUT2D eigenvalue weighted by Crippen LogP contribution is 2.54. The molecule has 2 atom stereocenters. The summed E-state index contributed by atoms with van der Waals surface area (Å²) in [5, 5.41) is 3.93. The summed E-state index contributed by atoms with van der Waals surface area (Å²) in [6.45, 7) is 7.15. The number of carbonyl (C=O) groups excluding carboxylic acids is 2. The van der Waals surface area contributed by atoms with Gasteiger partial charge in [-0.3, -0.25) is 9.36 Å². The summed E-state index contributed by atoms with van der Waals surface area (Å²) < 4.78 is 19.6. The molecule has 0 radical (unpaired) electrons. The third-order valence-electron chi connectivity index (χ3n) is 3.85. The maximum atomic E-state index is 13.7. The molecule has 0 heterocycles. The van der Waals surface area contributed by atoms with E-state index in [1.54, 1.807) is 57.2 Å². The van der Waals surface area contributed by atoms with Crippen LogP contribution in [0.5, 0.6) is 0 Å². The Morgan fingerprint density at radius 3 is 2.52 bits per heavy atom. The second kappa shape index (κ2) is 10.4. The van der Waals surface area contributed by atoms with Gasteiger partial charge >= 0.3 is 0 Å². The number of carbonyl (C=O) groups is 2. The molecule has 0 saturated carbocycles. The molecule has 0 aliphatic rings. The lowest BCUT2D eigenvalue weighted by molar-refractivity contribution is -0.125. The van der Waals surface area contributed by atoms with E-state index in [2.05, 4.69) is 5.32 Å². The van der Waals surface area contributed by atoms with Crippen LogP contribution in [0.25, 0.3) is 0 Å². The first-order chi connectivity index (χ1) is 12.7. The minimum Gasteiger partial charge on any atom is -0.348 e. The Bertz CT molecular complexity index is 742. The molecule has 1 unspecified atom stereocenters. The van der Waals surface area contributed by atoms with E-state index in [9.17, 15) is 14.2 Å². The van der Waals surface area contributed by atoms with E-state index in [-0.39, 0.29) is 13.0 Å². The Kier molecular flexibility index (Phi) is 8.83. The van der Waals surface area contributed by atoms with Crippen LogP contribution in [-0.4, -0.2) is 30.4 Å². The predicted octanol–water partition coefficient (Wildman–Crippen LogP) is 2.90. The van der Waals surface area contributed by atoms with Crippen LogP contribution in [0, 0.1) is 0 Å². The van der Waals surface area contributed by atoms with Gasteiger partial charge in [-0.05, 0) is 39.8 Å².